The summed E-state index contributed by atoms with van der Waals surface area (Å²) in [6.07, 6.45) is 3.94. The van der Waals surface area contributed by atoms with Crippen molar-refractivity contribution in [3.05, 3.63) is 65.7 Å². The fraction of sp³-hybridized carbons (Fsp3) is 0.481. The maximum Gasteiger partial charge on any atom is 0.317 e. The number of urea groups is 1. The molecule has 1 aliphatic carbocycles. The smallest absolute Gasteiger partial charge is 0.317 e. The molecule has 2 saturated heterocycles. The van der Waals surface area contributed by atoms with Crippen LogP contribution >= 0.6 is 0 Å². The third kappa shape index (κ3) is 4.85. The van der Waals surface area contributed by atoms with Crippen LogP contribution in [0, 0.1) is 12.3 Å². The van der Waals surface area contributed by atoms with Gasteiger partial charge in [-0.2, -0.15) is 0 Å². The van der Waals surface area contributed by atoms with Crippen molar-refractivity contribution < 1.29 is 14.3 Å². The third-order valence-corrected chi connectivity index (χ3v) is 7.67. The predicted octanol–water partition coefficient (Wildman–Crippen LogP) is 3.95. The van der Waals surface area contributed by atoms with E-state index in [1.165, 1.54) is 5.56 Å². The lowest BCUT2D eigenvalue weighted by molar-refractivity contribution is -0.135. The van der Waals surface area contributed by atoms with Gasteiger partial charge in [0, 0.05) is 38.1 Å². The first-order valence-electron chi connectivity index (χ1n) is 12.1. The summed E-state index contributed by atoms with van der Waals surface area (Å²) < 4.78 is 5.75. The SMILES string of the molecule is Cc1ccccc1OCC(=O)N1CCC2(CC1)CCN(C(=O)NC1CC1c1ccccc1)C2. The number of rotatable bonds is 5. The Morgan fingerprint density at radius 2 is 1.64 bits per heavy atom. The zero-order valence-electron chi connectivity index (χ0n) is 19.3. The minimum atomic E-state index is 0.0430. The zero-order chi connectivity index (χ0) is 22.8. The van der Waals surface area contributed by atoms with Gasteiger partial charge in [0.15, 0.2) is 6.61 Å². The third-order valence-electron chi connectivity index (χ3n) is 7.67. The van der Waals surface area contributed by atoms with E-state index in [1.54, 1.807) is 0 Å². The predicted molar refractivity (Wildman–Crippen MR) is 127 cm³/mol. The Kier molecular flexibility index (Phi) is 6.00. The van der Waals surface area contributed by atoms with Crippen LogP contribution in [0.2, 0.25) is 0 Å². The fourth-order valence-corrected chi connectivity index (χ4v) is 5.37. The Morgan fingerprint density at radius 3 is 2.36 bits per heavy atom. The van der Waals surface area contributed by atoms with Crippen LogP contribution in [0.3, 0.4) is 0 Å². The molecule has 0 aromatic heterocycles. The Morgan fingerprint density at radius 1 is 0.970 bits per heavy atom. The van der Waals surface area contributed by atoms with Crippen LogP contribution in [0.25, 0.3) is 0 Å². The lowest BCUT2D eigenvalue weighted by Crippen LogP contribution is -2.47. The Labute approximate surface area is 195 Å². The van der Waals surface area contributed by atoms with Crippen LogP contribution in [0.5, 0.6) is 5.75 Å². The van der Waals surface area contributed by atoms with Gasteiger partial charge >= 0.3 is 6.03 Å². The lowest BCUT2D eigenvalue weighted by Gasteiger charge is -2.39. The van der Waals surface area contributed by atoms with Crippen molar-refractivity contribution in [2.45, 2.75) is 44.6 Å². The van der Waals surface area contributed by atoms with E-state index in [1.807, 2.05) is 47.1 Å². The van der Waals surface area contributed by atoms with Gasteiger partial charge in [0.05, 0.1) is 0 Å². The standard InChI is InChI=1S/C27H33N3O3/c1-20-7-5-6-10-24(20)33-18-25(31)29-14-11-27(12-15-29)13-16-30(19-27)26(32)28-23-17-22(23)21-8-3-2-4-9-21/h2-10,22-23H,11-19H2,1H3,(H,28,32). The van der Waals surface area contributed by atoms with Crippen molar-refractivity contribution >= 4 is 11.9 Å². The van der Waals surface area contributed by atoms with Crippen molar-refractivity contribution in [1.82, 2.24) is 15.1 Å². The molecule has 3 amide bonds. The molecule has 2 heterocycles. The molecule has 3 aliphatic rings. The van der Waals surface area contributed by atoms with E-state index in [4.69, 9.17) is 4.74 Å². The topological polar surface area (TPSA) is 61.9 Å². The molecule has 1 saturated carbocycles. The molecule has 1 spiro atoms. The van der Waals surface area contributed by atoms with E-state index in [0.29, 0.717) is 5.92 Å². The minimum Gasteiger partial charge on any atom is -0.484 e. The monoisotopic (exact) mass is 447 g/mol. The summed E-state index contributed by atoms with van der Waals surface area (Å²) in [5, 5.41) is 3.24. The second kappa shape index (κ2) is 9.08. The van der Waals surface area contributed by atoms with Crippen LogP contribution < -0.4 is 10.1 Å². The highest BCUT2D eigenvalue weighted by Gasteiger charge is 2.45. The molecule has 0 radical (unpaired) electrons. The largest absolute Gasteiger partial charge is 0.484 e. The van der Waals surface area contributed by atoms with Gasteiger partial charge in [0.1, 0.15) is 5.75 Å². The number of nitrogens with zero attached hydrogens (tertiary/aromatic N) is 2. The van der Waals surface area contributed by atoms with E-state index in [9.17, 15) is 9.59 Å². The number of nitrogens with one attached hydrogen (secondary N) is 1. The summed E-state index contributed by atoms with van der Waals surface area (Å²) in [5.41, 5.74) is 2.49. The first-order chi connectivity index (χ1) is 16.0. The molecular formula is C27H33N3O3. The van der Waals surface area contributed by atoms with Crippen LogP contribution in [0.1, 0.15) is 42.7 Å². The van der Waals surface area contributed by atoms with Gasteiger partial charge in [-0.3, -0.25) is 4.79 Å². The molecule has 2 atom stereocenters. The molecule has 2 aliphatic heterocycles. The van der Waals surface area contributed by atoms with Gasteiger partial charge in [-0.05, 0) is 55.2 Å². The normalized spacial score (nSPS) is 23.4. The van der Waals surface area contributed by atoms with Crippen molar-refractivity contribution in [1.29, 1.82) is 0 Å². The quantitative estimate of drug-likeness (QED) is 0.755. The second-order valence-electron chi connectivity index (χ2n) is 9.92. The molecule has 2 aromatic rings. The summed E-state index contributed by atoms with van der Waals surface area (Å²) in [6, 6.07) is 18.5. The average Bonchev–Trinajstić information content (AvgIpc) is 3.49. The van der Waals surface area contributed by atoms with E-state index < -0.39 is 0 Å². The highest BCUT2D eigenvalue weighted by Crippen LogP contribution is 2.42. The molecule has 5 rings (SSSR count). The van der Waals surface area contributed by atoms with E-state index in [2.05, 4.69) is 29.6 Å². The second-order valence-corrected chi connectivity index (χ2v) is 9.92. The molecule has 6 nitrogen and oxygen atoms in total. The molecule has 1 N–H and O–H groups in total. The van der Waals surface area contributed by atoms with Gasteiger partial charge in [-0.1, -0.05) is 48.5 Å². The maximum atomic E-state index is 12.9. The number of hydrogen-bond acceptors (Lipinski definition) is 3. The number of carbonyl (C=O) groups excluding carboxylic acids is 2. The number of para-hydroxylation sites is 1. The van der Waals surface area contributed by atoms with E-state index in [-0.39, 0.29) is 30.0 Å². The van der Waals surface area contributed by atoms with Gasteiger partial charge in [-0.25, -0.2) is 4.79 Å². The van der Waals surface area contributed by atoms with Gasteiger partial charge in [0.2, 0.25) is 0 Å². The molecule has 0 bridgehead atoms. The maximum absolute atomic E-state index is 12.9. The van der Waals surface area contributed by atoms with Gasteiger partial charge in [0.25, 0.3) is 5.91 Å². The summed E-state index contributed by atoms with van der Waals surface area (Å²) in [4.78, 5) is 29.4. The molecule has 174 valence electrons. The summed E-state index contributed by atoms with van der Waals surface area (Å²) in [6.45, 7) is 5.14. The number of likely N-dealkylation sites (tertiary alicyclic amines) is 2. The van der Waals surface area contributed by atoms with Gasteiger partial charge < -0.3 is 19.9 Å². The Hall–Kier alpha value is -3.02. The van der Waals surface area contributed by atoms with Gasteiger partial charge in [-0.15, -0.1) is 0 Å². The van der Waals surface area contributed by atoms with E-state index >= 15 is 0 Å². The molecule has 6 heteroatoms. The van der Waals surface area contributed by atoms with Crippen molar-refractivity contribution in [3.63, 3.8) is 0 Å². The number of hydrogen-bond donors (Lipinski definition) is 1. The van der Waals surface area contributed by atoms with Crippen LogP contribution in [0.15, 0.2) is 54.6 Å². The Balaban J connectivity index is 1.07. The summed E-state index contributed by atoms with van der Waals surface area (Å²) >= 11 is 0. The first kappa shape index (κ1) is 21.8. The molecule has 3 fully saturated rings. The van der Waals surface area contributed by atoms with Crippen LogP contribution in [-0.4, -0.2) is 60.6 Å². The van der Waals surface area contributed by atoms with Crippen molar-refractivity contribution in [2.75, 3.05) is 32.8 Å². The highest BCUT2D eigenvalue weighted by atomic mass is 16.5. The Bertz CT molecular complexity index is 1000. The first-order valence-corrected chi connectivity index (χ1v) is 12.1. The lowest BCUT2D eigenvalue weighted by atomic mass is 9.78. The minimum absolute atomic E-state index is 0.0430. The van der Waals surface area contributed by atoms with Crippen molar-refractivity contribution in [2.24, 2.45) is 5.41 Å². The number of carbonyl (C=O) groups is 2. The molecular weight excluding hydrogens is 414 g/mol. The van der Waals surface area contributed by atoms with Crippen LogP contribution in [-0.2, 0) is 4.79 Å². The fourth-order valence-electron chi connectivity index (χ4n) is 5.37. The molecule has 33 heavy (non-hydrogen) atoms. The summed E-state index contributed by atoms with van der Waals surface area (Å²) in [7, 11) is 0. The highest BCUT2D eigenvalue weighted by molar-refractivity contribution is 5.78. The summed E-state index contributed by atoms with van der Waals surface area (Å²) in [5.74, 6) is 1.26. The number of benzene rings is 2. The number of amides is 3. The van der Waals surface area contributed by atoms with Crippen molar-refractivity contribution in [3.8, 4) is 5.75 Å². The van der Waals surface area contributed by atoms with E-state index in [0.717, 1.165) is 63.2 Å². The molecule has 2 aromatic carbocycles. The average molecular weight is 448 g/mol. The zero-order valence-corrected chi connectivity index (χ0v) is 19.3. The molecule has 2 unspecified atom stereocenters. The number of ether oxygens (including phenoxy) is 1. The van der Waals surface area contributed by atoms with Crippen LogP contribution in [0.4, 0.5) is 4.79 Å². The number of aryl methyl sites for hydroxylation is 1. The number of piperidine rings is 1.